The van der Waals surface area contributed by atoms with Gasteiger partial charge in [-0.3, -0.25) is 9.59 Å². The van der Waals surface area contributed by atoms with E-state index in [1.54, 1.807) is 30.3 Å². The minimum Gasteiger partial charge on any atom is -0.488 e. The van der Waals surface area contributed by atoms with E-state index in [9.17, 15) is 9.59 Å². The molecule has 2 aromatic carbocycles. The van der Waals surface area contributed by atoms with Crippen LogP contribution >= 0.6 is 39.1 Å². The zero-order chi connectivity index (χ0) is 20.5. The van der Waals surface area contributed by atoms with E-state index >= 15 is 0 Å². The van der Waals surface area contributed by atoms with Crippen LogP contribution in [0.4, 0.5) is 0 Å². The molecule has 148 valence electrons. The monoisotopic (exact) mass is 485 g/mol. The molecule has 2 N–H and O–H groups in total. The molecule has 2 amide bonds. The van der Waals surface area contributed by atoms with Crippen LogP contribution in [-0.2, 0) is 16.2 Å². The number of rotatable bonds is 7. The van der Waals surface area contributed by atoms with E-state index in [2.05, 4.69) is 31.8 Å². The molecule has 0 spiro atoms. The first-order valence-corrected chi connectivity index (χ1v) is 9.93. The molecule has 0 fully saturated rings. The van der Waals surface area contributed by atoms with Crippen LogP contribution in [0.5, 0.6) is 5.75 Å². The van der Waals surface area contributed by atoms with E-state index in [1.165, 1.54) is 6.21 Å². The number of nitrogens with one attached hydrogen (secondary N) is 2. The standard InChI is InChI=1S/C19H18BrCl2N3O3/c1-2-7-23-18(26)19(27)25-24-10-13-8-14(20)4-6-17(13)28-11-12-3-5-15(21)9-16(12)22/h3-6,8-10H,2,7,11H2,1H3,(H,23,26)(H,25,27)/b24-10-. The number of hydrogen-bond donors (Lipinski definition) is 2. The minimum absolute atomic E-state index is 0.226. The summed E-state index contributed by atoms with van der Waals surface area (Å²) >= 11 is 15.4. The van der Waals surface area contributed by atoms with E-state index in [4.69, 9.17) is 27.9 Å². The Labute approximate surface area is 181 Å². The first-order chi connectivity index (χ1) is 13.4. The second-order valence-electron chi connectivity index (χ2n) is 5.66. The van der Waals surface area contributed by atoms with Crippen LogP contribution in [-0.4, -0.2) is 24.6 Å². The Kier molecular flexibility index (Phi) is 8.76. The number of amides is 2. The molecule has 28 heavy (non-hydrogen) atoms. The number of hydrogen-bond acceptors (Lipinski definition) is 4. The summed E-state index contributed by atoms with van der Waals surface area (Å²) in [4.78, 5) is 23.2. The van der Waals surface area contributed by atoms with Crippen LogP contribution in [0.3, 0.4) is 0 Å². The molecule has 2 rings (SSSR count). The van der Waals surface area contributed by atoms with Crippen molar-refractivity contribution in [1.82, 2.24) is 10.7 Å². The second-order valence-corrected chi connectivity index (χ2v) is 7.42. The third-order valence-corrected chi connectivity index (χ3v) is 4.56. The zero-order valence-electron chi connectivity index (χ0n) is 15.0. The summed E-state index contributed by atoms with van der Waals surface area (Å²) < 4.78 is 6.63. The smallest absolute Gasteiger partial charge is 0.329 e. The highest BCUT2D eigenvalue weighted by atomic mass is 79.9. The van der Waals surface area contributed by atoms with Crippen molar-refractivity contribution in [2.45, 2.75) is 20.0 Å². The van der Waals surface area contributed by atoms with Crippen LogP contribution in [0.15, 0.2) is 46.0 Å². The fraction of sp³-hybridized carbons (Fsp3) is 0.211. The molecular formula is C19H18BrCl2N3O3. The molecule has 0 unspecified atom stereocenters. The van der Waals surface area contributed by atoms with Crippen LogP contribution in [0.2, 0.25) is 10.0 Å². The van der Waals surface area contributed by atoms with Gasteiger partial charge in [-0.05, 0) is 36.8 Å². The van der Waals surface area contributed by atoms with Gasteiger partial charge in [0.15, 0.2) is 0 Å². The molecule has 2 aromatic rings. The van der Waals surface area contributed by atoms with Crippen LogP contribution < -0.4 is 15.5 Å². The lowest BCUT2D eigenvalue weighted by Crippen LogP contribution is -2.38. The van der Waals surface area contributed by atoms with Crippen molar-refractivity contribution in [3.8, 4) is 5.75 Å². The third-order valence-electron chi connectivity index (χ3n) is 3.48. The van der Waals surface area contributed by atoms with E-state index in [0.29, 0.717) is 27.9 Å². The van der Waals surface area contributed by atoms with Gasteiger partial charge in [0, 0.05) is 32.2 Å². The van der Waals surface area contributed by atoms with Gasteiger partial charge in [-0.25, -0.2) is 5.43 Å². The Bertz CT molecular complexity index is 891. The van der Waals surface area contributed by atoms with Crippen LogP contribution in [0.25, 0.3) is 0 Å². The Morgan fingerprint density at radius 3 is 2.68 bits per heavy atom. The largest absolute Gasteiger partial charge is 0.488 e. The van der Waals surface area contributed by atoms with Crippen LogP contribution in [0.1, 0.15) is 24.5 Å². The lowest BCUT2D eigenvalue weighted by atomic mass is 10.2. The average molecular weight is 487 g/mol. The topological polar surface area (TPSA) is 79.8 Å². The first-order valence-electron chi connectivity index (χ1n) is 8.38. The van der Waals surface area contributed by atoms with Gasteiger partial charge in [-0.2, -0.15) is 5.10 Å². The summed E-state index contributed by atoms with van der Waals surface area (Å²) in [5.41, 5.74) is 3.57. The molecule has 0 aromatic heterocycles. The Hall–Kier alpha value is -2.09. The number of carbonyl (C=O) groups excluding carboxylic acids is 2. The average Bonchev–Trinajstić information content (AvgIpc) is 2.66. The van der Waals surface area contributed by atoms with E-state index in [0.717, 1.165) is 16.5 Å². The lowest BCUT2D eigenvalue weighted by molar-refractivity contribution is -0.139. The second kappa shape index (κ2) is 11.0. The number of benzene rings is 2. The van der Waals surface area contributed by atoms with Crippen molar-refractivity contribution in [3.63, 3.8) is 0 Å². The predicted octanol–water partition coefficient (Wildman–Crippen LogP) is 4.31. The molecule has 0 aliphatic heterocycles. The van der Waals surface area contributed by atoms with Gasteiger partial charge < -0.3 is 10.1 Å². The number of ether oxygens (including phenoxy) is 1. The SMILES string of the molecule is CCCNC(=O)C(=O)N/N=C\c1cc(Br)ccc1OCc1ccc(Cl)cc1Cl. The number of hydrazone groups is 1. The molecule has 0 aliphatic rings. The van der Waals surface area contributed by atoms with Gasteiger partial charge in [-0.15, -0.1) is 0 Å². The molecule has 0 saturated heterocycles. The van der Waals surface area contributed by atoms with Crippen molar-refractivity contribution in [2.24, 2.45) is 5.10 Å². The fourth-order valence-electron chi connectivity index (χ4n) is 2.08. The summed E-state index contributed by atoms with van der Waals surface area (Å²) in [6.07, 6.45) is 2.13. The van der Waals surface area contributed by atoms with Crippen molar-refractivity contribution in [3.05, 3.63) is 62.0 Å². The summed E-state index contributed by atoms with van der Waals surface area (Å²) in [5, 5.41) is 7.35. The number of nitrogens with zero attached hydrogens (tertiary/aromatic N) is 1. The lowest BCUT2D eigenvalue weighted by Gasteiger charge is -2.11. The highest BCUT2D eigenvalue weighted by molar-refractivity contribution is 9.10. The van der Waals surface area contributed by atoms with Gasteiger partial charge in [0.05, 0.1) is 6.21 Å². The van der Waals surface area contributed by atoms with Gasteiger partial charge in [-0.1, -0.05) is 52.1 Å². The minimum atomic E-state index is -0.838. The zero-order valence-corrected chi connectivity index (χ0v) is 18.1. The molecule has 0 atom stereocenters. The summed E-state index contributed by atoms with van der Waals surface area (Å²) in [6.45, 7) is 2.54. The maximum absolute atomic E-state index is 11.7. The van der Waals surface area contributed by atoms with Gasteiger partial charge in [0.2, 0.25) is 0 Å². The highest BCUT2D eigenvalue weighted by Crippen LogP contribution is 2.25. The molecule has 0 saturated carbocycles. The highest BCUT2D eigenvalue weighted by Gasteiger charge is 2.11. The van der Waals surface area contributed by atoms with E-state index < -0.39 is 11.8 Å². The third kappa shape index (κ3) is 6.82. The van der Waals surface area contributed by atoms with E-state index in [-0.39, 0.29) is 6.61 Å². The molecule has 9 heteroatoms. The molecule has 0 bridgehead atoms. The van der Waals surface area contributed by atoms with Gasteiger partial charge >= 0.3 is 11.8 Å². The molecular weight excluding hydrogens is 469 g/mol. The Morgan fingerprint density at radius 2 is 1.96 bits per heavy atom. The van der Waals surface area contributed by atoms with Gasteiger partial charge in [0.1, 0.15) is 12.4 Å². The van der Waals surface area contributed by atoms with Gasteiger partial charge in [0.25, 0.3) is 0 Å². The molecule has 6 nitrogen and oxygen atoms in total. The Balaban J connectivity index is 2.05. The predicted molar refractivity (Wildman–Crippen MR) is 114 cm³/mol. The van der Waals surface area contributed by atoms with Crippen LogP contribution in [0, 0.1) is 0 Å². The fourth-order valence-corrected chi connectivity index (χ4v) is 2.92. The van der Waals surface area contributed by atoms with Crippen molar-refractivity contribution in [1.29, 1.82) is 0 Å². The van der Waals surface area contributed by atoms with Crippen molar-refractivity contribution >= 4 is 57.2 Å². The summed E-state index contributed by atoms with van der Waals surface area (Å²) in [7, 11) is 0. The molecule has 0 radical (unpaired) electrons. The number of carbonyl (C=O) groups is 2. The quantitative estimate of drug-likeness (QED) is 0.347. The molecule has 0 aliphatic carbocycles. The number of halogens is 3. The van der Waals surface area contributed by atoms with E-state index in [1.807, 2.05) is 13.0 Å². The normalized spacial score (nSPS) is 10.7. The Morgan fingerprint density at radius 1 is 1.18 bits per heavy atom. The summed E-state index contributed by atoms with van der Waals surface area (Å²) in [5.74, 6) is -1.04. The van der Waals surface area contributed by atoms with Crippen molar-refractivity contribution in [2.75, 3.05) is 6.54 Å². The maximum atomic E-state index is 11.7. The van der Waals surface area contributed by atoms with Crippen molar-refractivity contribution < 1.29 is 14.3 Å². The maximum Gasteiger partial charge on any atom is 0.329 e. The molecule has 0 heterocycles. The first kappa shape index (κ1) is 22.2. The summed E-state index contributed by atoms with van der Waals surface area (Å²) in [6, 6.07) is 10.5.